The molecule has 4 rings (SSSR count). The summed E-state index contributed by atoms with van der Waals surface area (Å²) in [6.07, 6.45) is 1.52. The number of methoxy groups -OCH3 is 1. The SMILES string of the molecule is CCc1cccc(C)c1N(C(=O)Cn1c(Cc2ccccc2)nc2ccccc21)[C@H](C)COC. The van der Waals surface area contributed by atoms with Gasteiger partial charge in [-0.3, -0.25) is 4.79 Å². The number of benzene rings is 3. The van der Waals surface area contributed by atoms with Crippen LogP contribution in [0.4, 0.5) is 5.69 Å². The van der Waals surface area contributed by atoms with Gasteiger partial charge in [-0.05, 0) is 49.1 Å². The number of para-hydroxylation sites is 3. The fourth-order valence-corrected chi connectivity index (χ4v) is 4.68. The largest absolute Gasteiger partial charge is 0.383 e. The number of carbonyl (C=O) groups excluding carboxylic acids is 1. The minimum absolute atomic E-state index is 0.0333. The highest BCUT2D eigenvalue weighted by molar-refractivity contribution is 5.96. The van der Waals surface area contributed by atoms with Crippen molar-refractivity contribution in [3.8, 4) is 0 Å². The lowest BCUT2D eigenvalue weighted by Crippen LogP contribution is -2.44. The molecular formula is C29H33N3O2. The molecule has 0 aliphatic carbocycles. The second-order valence-corrected chi connectivity index (χ2v) is 8.77. The number of amides is 1. The molecule has 0 fully saturated rings. The minimum atomic E-state index is -0.101. The molecule has 0 bridgehead atoms. The van der Waals surface area contributed by atoms with Crippen LogP contribution in [-0.2, 0) is 28.9 Å². The van der Waals surface area contributed by atoms with Gasteiger partial charge in [0.05, 0.1) is 29.4 Å². The van der Waals surface area contributed by atoms with Crippen molar-refractivity contribution in [2.75, 3.05) is 18.6 Å². The molecular weight excluding hydrogens is 422 g/mol. The predicted octanol–water partition coefficient (Wildman–Crippen LogP) is 5.57. The average Bonchev–Trinajstić information content (AvgIpc) is 3.18. The molecule has 176 valence electrons. The lowest BCUT2D eigenvalue weighted by atomic mass is 10.0. The predicted molar refractivity (Wildman–Crippen MR) is 138 cm³/mol. The highest BCUT2D eigenvalue weighted by Crippen LogP contribution is 2.29. The number of hydrogen-bond acceptors (Lipinski definition) is 3. The summed E-state index contributed by atoms with van der Waals surface area (Å²) in [5, 5.41) is 0. The second-order valence-electron chi connectivity index (χ2n) is 8.77. The third kappa shape index (κ3) is 4.90. The highest BCUT2D eigenvalue weighted by Gasteiger charge is 2.27. The molecule has 1 atom stereocenters. The lowest BCUT2D eigenvalue weighted by molar-refractivity contribution is -0.119. The quantitative estimate of drug-likeness (QED) is 0.332. The summed E-state index contributed by atoms with van der Waals surface area (Å²) in [6, 6.07) is 24.4. The standard InChI is InChI=1S/C29H33N3O2/c1-5-24-15-11-12-21(2)29(24)32(22(3)20-34-4)28(33)19-31-26-17-10-9-16-25(26)30-27(31)18-23-13-7-6-8-14-23/h6-17,22H,5,18-20H2,1-4H3/t22-/m1/s1. The summed E-state index contributed by atoms with van der Waals surface area (Å²) in [7, 11) is 1.68. The van der Waals surface area contributed by atoms with E-state index < -0.39 is 0 Å². The van der Waals surface area contributed by atoms with Gasteiger partial charge in [-0.15, -0.1) is 0 Å². The van der Waals surface area contributed by atoms with Gasteiger partial charge >= 0.3 is 0 Å². The molecule has 1 amide bonds. The summed E-state index contributed by atoms with van der Waals surface area (Å²) in [5.74, 6) is 0.923. The zero-order valence-corrected chi connectivity index (χ0v) is 20.5. The Hall–Kier alpha value is -3.44. The topological polar surface area (TPSA) is 47.4 Å². The van der Waals surface area contributed by atoms with Crippen LogP contribution >= 0.6 is 0 Å². The zero-order chi connectivity index (χ0) is 24.1. The number of anilines is 1. The maximum atomic E-state index is 14.0. The van der Waals surface area contributed by atoms with E-state index in [1.54, 1.807) is 7.11 Å². The molecule has 0 saturated heterocycles. The van der Waals surface area contributed by atoms with E-state index in [0.29, 0.717) is 13.0 Å². The van der Waals surface area contributed by atoms with Gasteiger partial charge < -0.3 is 14.2 Å². The Bertz CT molecular complexity index is 1260. The third-order valence-electron chi connectivity index (χ3n) is 6.29. The normalized spacial score (nSPS) is 12.1. The molecule has 5 heteroatoms. The zero-order valence-electron chi connectivity index (χ0n) is 20.5. The monoisotopic (exact) mass is 455 g/mol. The molecule has 4 aromatic rings. The lowest BCUT2D eigenvalue weighted by Gasteiger charge is -2.32. The number of nitrogens with zero attached hydrogens (tertiary/aromatic N) is 3. The van der Waals surface area contributed by atoms with Crippen LogP contribution in [0.2, 0.25) is 0 Å². The molecule has 34 heavy (non-hydrogen) atoms. The Morgan fingerprint density at radius 1 is 1.03 bits per heavy atom. The smallest absolute Gasteiger partial charge is 0.247 e. The van der Waals surface area contributed by atoms with E-state index in [2.05, 4.69) is 48.7 Å². The molecule has 1 heterocycles. The fraction of sp³-hybridized carbons (Fsp3) is 0.310. The Morgan fingerprint density at radius 2 is 1.76 bits per heavy atom. The number of imidazole rings is 1. The van der Waals surface area contributed by atoms with Crippen molar-refractivity contribution in [2.24, 2.45) is 0 Å². The summed E-state index contributed by atoms with van der Waals surface area (Å²) in [5.41, 5.74) is 6.30. The number of aryl methyl sites for hydroxylation is 2. The van der Waals surface area contributed by atoms with Crippen LogP contribution in [-0.4, -0.2) is 35.2 Å². The third-order valence-corrected chi connectivity index (χ3v) is 6.29. The Balaban J connectivity index is 1.76. The van der Waals surface area contributed by atoms with Gasteiger partial charge in [0, 0.05) is 13.5 Å². The molecule has 3 aromatic carbocycles. The van der Waals surface area contributed by atoms with Crippen LogP contribution in [0.15, 0.2) is 72.8 Å². The maximum absolute atomic E-state index is 14.0. The summed E-state index contributed by atoms with van der Waals surface area (Å²) >= 11 is 0. The molecule has 0 aliphatic rings. The van der Waals surface area contributed by atoms with Crippen molar-refractivity contribution < 1.29 is 9.53 Å². The van der Waals surface area contributed by atoms with E-state index in [1.807, 2.05) is 54.3 Å². The molecule has 0 aliphatic heterocycles. The van der Waals surface area contributed by atoms with Gasteiger partial charge in [0.2, 0.25) is 5.91 Å². The van der Waals surface area contributed by atoms with Crippen LogP contribution in [0.1, 0.15) is 36.4 Å². The first-order valence-corrected chi connectivity index (χ1v) is 11.9. The van der Waals surface area contributed by atoms with Crippen molar-refractivity contribution in [1.29, 1.82) is 0 Å². The molecule has 1 aromatic heterocycles. The van der Waals surface area contributed by atoms with E-state index in [-0.39, 0.29) is 18.5 Å². The van der Waals surface area contributed by atoms with Gasteiger partial charge in [0.15, 0.2) is 0 Å². The van der Waals surface area contributed by atoms with Crippen LogP contribution < -0.4 is 4.90 Å². The number of ether oxygens (including phenoxy) is 1. The van der Waals surface area contributed by atoms with Crippen molar-refractivity contribution in [3.63, 3.8) is 0 Å². The highest BCUT2D eigenvalue weighted by atomic mass is 16.5. The van der Waals surface area contributed by atoms with E-state index in [0.717, 1.165) is 40.1 Å². The first-order valence-electron chi connectivity index (χ1n) is 11.9. The molecule has 0 saturated carbocycles. The number of rotatable bonds is 9. The van der Waals surface area contributed by atoms with E-state index in [9.17, 15) is 4.79 Å². The molecule has 5 nitrogen and oxygen atoms in total. The molecule has 0 N–H and O–H groups in total. The Kier molecular flexibility index (Phi) is 7.43. The first-order chi connectivity index (χ1) is 16.5. The van der Waals surface area contributed by atoms with Gasteiger partial charge in [0.1, 0.15) is 12.4 Å². The molecule has 0 radical (unpaired) electrons. The molecule has 0 spiro atoms. The summed E-state index contributed by atoms with van der Waals surface area (Å²) in [4.78, 5) is 20.8. The Morgan fingerprint density at radius 3 is 2.50 bits per heavy atom. The number of hydrogen-bond donors (Lipinski definition) is 0. The van der Waals surface area contributed by atoms with Gasteiger partial charge in [-0.25, -0.2) is 4.98 Å². The number of aromatic nitrogens is 2. The van der Waals surface area contributed by atoms with Crippen LogP contribution in [0, 0.1) is 6.92 Å². The molecule has 0 unspecified atom stereocenters. The first kappa shape index (κ1) is 23.7. The Labute approximate surface area is 202 Å². The van der Waals surface area contributed by atoms with Gasteiger partial charge in [0.25, 0.3) is 0 Å². The van der Waals surface area contributed by atoms with Crippen molar-refractivity contribution in [3.05, 3.63) is 95.3 Å². The van der Waals surface area contributed by atoms with Crippen molar-refractivity contribution >= 4 is 22.6 Å². The second kappa shape index (κ2) is 10.7. The van der Waals surface area contributed by atoms with Crippen LogP contribution in [0.25, 0.3) is 11.0 Å². The van der Waals surface area contributed by atoms with E-state index in [4.69, 9.17) is 9.72 Å². The van der Waals surface area contributed by atoms with Crippen LogP contribution in [0.5, 0.6) is 0 Å². The average molecular weight is 456 g/mol. The van der Waals surface area contributed by atoms with E-state index >= 15 is 0 Å². The van der Waals surface area contributed by atoms with Crippen molar-refractivity contribution in [2.45, 2.75) is 46.2 Å². The van der Waals surface area contributed by atoms with E-state index in [1.165, 1.54) is 5.56 Å². The van der Waals surface area contributed by atoms with Gasteiger partial charge in [-0.2, -0.15) is 0 Å². The fourth-order valence-electron chi connectivity index (χ4n) is 4.68. The number of fused-ring (bicyclic) bond motifs is 1. The van der Waals surface area contributed by atoms with Gasteiger partial charge in [-0.1, -0.05) is 67.6 Å². The number of carbonyl (C=O) groups is 1. The van der Waals surface area contributed by atoms with Crippen molar-refractivity contribution in [1.82, 2.24) is 9.55 Å². The van der Waals surface area contributed by atoms with Crippen LogP contribution in [0.3, 0.4) is 0 Å². The minimum Gasteiger partial charge on any atom is -0.383 e. The summed E-state index contributed by atoms with van der Waals surface area (Å²) < 4.78 is 7.54. The summed E-state index contributed by atoms with van der Waals surface area (Å²) in [6.45, 7) is 6.92. The maximum Gasteiger partial charge on any atom is 0.247 e.